The Balaban J connectivity index is 2.36. The highest BCUT2D eigenvalue weighted by molar-refractivity contribution is 5.87. The van der Waals surface area contributed by atoms with Crippen molar-refractivity contribution in [3.05, 3.63) is 12.7 Å². The molecule has 16 heavy (non-hydrogen) atoms. The maximum atomic E-state index is 11.2. The van der Waals surface area contributed by atoms with Gasteiger partial charge in [0.1, 0.15) is 0 Å². The molecule has 1 heterocycles. The maximum absolute atomic E-state index is 11.2. The zero-order chi connectivity index (χ0) is 11.8. The molecular weight excluding hydrogens is 206 g/mol. The van der Waals surface area contributed by atoms with E-state index in [0.29, 0.717) is 12.5 Å². The van der Waals surface area contributed by atoms with Crippen molar-refractivity contribution in [3.63, 3.8) is 0 Å². The number of ether oxygens (including phenoxy) is 2. The molecule has 0 aromatic carbocycles. The molecular formula is C12H21NO3. The second-order valence-electron chi connectivity index (χ2n) is 4.16. The first-order chi connectivity index (χ1) is 7.76. The summed E-state index contributed by atoms with van der Waals surface area (Å²) in [7, 11) is 1.65. The van der Waals surface area contributed by atoms with Crippen LogP contribution < -0.4 is 5.32 Å². The van der Waals surface area contributed by atoms with Crippen LogP contribution in [0.15, 0.2) is 12.7 Å². The molecule has 0 aromatic heterocycles. The molecule has 0 bridgehead atoms. The van der Waals surface area contributed by atoms with Crippen LogP contribution in [0.25, 0.3) is 0 Å². The molecule has 1 aliphatic rings. The van der Waals surface area contributed by atoms with Crippen LogP contribution in [0.3, 0.4) is 0 Å². The quantitative estimate of drug-likeness (QED) is 0.692. The Hall–Kier alpha value is -0.870. The van der Waals surface area contributed by atoms with Gasteiger partial charge in [0.2, 0.25) is 5.91 Å². The van der Waals surface area contributed by atoms with Gasteiger partial charge in [0.05, 0.1) is 12.6 Å². The molecule has 1 N–H and O–H groups in total. The van der Waals surface area contributed by atoms with Crippen molar-refractivity contribution in [2.45, 2.75) is 25.3 Å². The van der Waals surface area contributed by atoms with E-state index >= 15 is 0 Å². The molecule has 92 valence electrons. The van der Waals surface area contributed by atoms with Crippen molar-refractivity contribution in [3.8, 4) is 0 Å². The predicted octanol–water partition coefficient (Wildman–Crippen LogP) is 1.12. The molecule has 1 aliphatic heterocycles. The predicted molar refractivity (Wildman–Crippen MR) is 62.2 cm³/mol. The second-order valence-corrected chi connectivity index (χ2v) is 4.16. The lowest BCUT2D eigenvalue weighted by atomic mass is 9.93. The van der Waals surface area contributed by atoms with Gasteiger partial charge in [-0.3, -0.25) is 4.79 Å². The van der Waals surface area contributed by atoms with Gasteiger partial charge in [-0.2, -0.15) is 0 Å². The molecule has 1 fully saturated rings. The van der Waals surface area contributed by atoms with Crippen LogP contribution in [0.5, 0.6) is 0 Å². The van der Waals surface area contributed by atoms with Crippen LogP contribution in [-0.2, 0) is 14.3 Å². The monoisotopic (exact) mass is 227 g/mol. The van der Waals surface area contributed by atoms with E-state index < -0.39 is 0 Å². The number of amides is 1. The highest BCUT2D eigenvalue weighted by Crippen LogP contribution is 2.20. The van der Waals surface area contributed by atoms with E-state index in [1.807, 2.05) is 0 Å². The van der Waals surface area contributed by atoms with E-state index in [1.54, 1.807) is 7.11 Å². The summed E-state index contributed by atoms with van der Waals surface area (Å²) in [6.07, 6.45) is 4.40. The first-order valence-electron chi connectivity index (χ1n) is 5.76. The summed E-state index contributed by atoms with van der Waals surface area (Å²) in [6, 6.07) is 0.0820. The molecule has 1 rings (SSSR count). The van der Waals surface area contributed by atoms with Crippen molar-refractivity contribution in [2.75, 3.05) is 26.9 Å². The fourth-order valence-corrected chi connectivity index (χ4v) is 2.01. The number of carbonyl (C=O) groups is 1. The smallest absolute Gasteiger partial charge is 0.243 e. The second kappa shape index (κ2) is 7.41. The average Bonchev–Trinajstić information content (AvgIpc) is 2.30. The first-order valence-corrected chi connectivity index (χ1v) is 5.76. The van der Waals surface area contributed by atoms with Gasteiger partial charge in [0, 0.05) is 20.3 Å². The van der Waals surface area contributed by atoms with Crippen molar-refractivity contribution < 1.29 is 14.3 Å². The zero-order valence-corrected chi connectivity index (χ0v) is 9.91. The van der Waals surface area contributed by atoms with Crippen LogP contribution in [0.4, 0.5) is 0 Å². The summed E-state index contributed by atoms with van der Waals surface area (Å²) in [5, 5.41) is 2.89. The van der Waals surface area contributed by atoms with Gasteiger partial charge in [0.15, 0.2) is 0 Å². The molecule has 4 heteroatoms. The molecule has 0 spiro atoms. The molecule has 0 saturated carbocycles. The standard InChI is InChI=1S/C12H21NO3/c1-3-12(14)13-11(9-15-2)8-10-4-6-16-7-5-10/h3,10-11H,1,4-9H2,2H3,(H,13,14). The summed E-state index contributed by atoms with van der Waals surface area (Å²) in [5.41, 5.74) is 0. The lowest BCUT2D eigenvalue weighted by Gasteiger charge is -2.26. The van der Waals surface area contributed by atoms with Crippen LogP contribution in [0.2, 0.25) is 0 Å². The van der Waals surface area contributed by atoms with Crippen molar-refractivity contribution >= 4 is 5.91 Å². The summed E-state index contributed by atoms with van der Waals surface area (Å²) in [5.74, 6) is 0.494. The summed E-state index contributed by atoms with van der Waals surface area (Å²) >= 11 is 0. The fourth-order valence-electron chi connectivity index (χ4n) is 2.01. The third-order valence-electron chi connectivity index (χ3n) is 2.86. The number of hydrogen-bond donors (Lipinski definition) is 1. The Kier molecular flexibility index (Phi) is 6.11. The minimum Gasteiger partial charge on any atom is -0.383 e. The highest BCUT2D eigenvalue weighted by atomic mass is 16.5. The Morgan fingerprint density at radius 2 is 2.31 bits per heavy atom. The summed E-state index contributed by atoms with van der Waals surface area (Å²) < 4.78 is 10.4. The Morgan fingerprint density at radius 3 is 2.88 bits per heavy atom. The molecule has 4 nitrogen and oxygen atoms in total. The molecule has 1 atom stereocenters. The van der Waals surface area contributed by atoms with E-state index in [2.05, 4.69) is 11.9 Å². The van der Waals surface area contributed by atoms with E-state index in [-0.39, 0.29) is 11.9 Å². The number of hydrogen-bond acceptors (Lipinski definition) is 3. The number of rotatable bonds is 6. The fraction of sp³-hybridized carbons (Fsp3) is 0.750. The summed E-state index contributed by atoms with van der Waals surface area (Å²) in [6.45, 7) is 5.67. The van der Waals surface area contributed by atoms with Crippen LogP contribution in [0, 0.1) is 5.92 Å². The molecule has 0 aliphatic carbocycles. The SMILES string of the molecule is C=CC(=O)NC(COC)CC1CCOCC1. The third-order valence-corrected chi connectivity index (χ3v) is 2.86. The van der Waals surface area contributed by atoms with Crippen LogP contribution in [-0.4, -0.2) is 38.9 Å². The molecule has 0 aromatic rings. The van der Waals surface area contributed by atoms with Gasteiger partial charge in [-0.25, -0.2) is 0 Å². The largest absolute Gasteiger partial charge is 0.383 e. The third kappa shape index (κ3) is 4.77. The van der Waals surface area contributed by atoms with E-state index in [1.165, 1.54) is 6.08 Å². The van der Waals surface area contributed by atoms with Gasteiger partial charge >= 0.3 is 0 Å². The number of methoxy groups -OCH3 is 1. The van der Waals surface area contributed by atoms with E-state index in [4.69, 9.17) is 9.47 Å². The normalized spacial score (nSPS) is 19.1. The van der Waals surface area contributed by atoms with Crippen LogP contribution >= 0.6 is 0 Å². The van der Waals surface area contributed by atoms with E-state index in [9.17, 15) is 4.79 Å². The first kappa shape index (κ1) is 13.2. The Morgan fingerprint density at radius 1 is 1.62 bits per heavy atom. The van der Waals surface area contributed by atoms with Crippen molar-refractivity contribution in [1.82, 2.24) is 5.32 Å². The van der Waals surface area contributed by atoms with Crippen molar-refractivity contribution in [1.29, 1.82) is 0 Å². The lowest BCUT2D eigenvalue weighted by Crippen LogP contribution is -2.39. The highest BCUT2D eigenvalue weighted by Gasteiger charge is 2.19. The zero-order valence-electron chi connectivity index (χ0n) is 9.91. The lowest BCUT2D eigenvalue weighted by molar-refractivity contribution is -0.117. The molecule has 1 saturated heterocycles. The maximum Gasteiger partial charge on any atom is 0.243 e. The van der Waals surface area contributed by atoms with Crippen molar-refractivity contribution in [2.24, 2.45) is 5.92 Å². The number of nitrogens with one attached hydrogen (secondary N) is 1. The van der Waals surface area contributed by atoms with Gasteiger partial charge in [-0.15, -0.1) is 0 Å². The topological polar surface area (TPSA) is 47.6 Å². The Bertz CT molecular complexity index is 224. The summed E-state index contributed by atoms with van der Waals surface area (Å²) in [4.78, 5) is 11.2. The minimum absolute atomic E-state index is 0.0820. The van der Waals surface area contributed by atoms with E-state index in [0.717, 1.165) is 32.5 Å². The average molecular weight is 227 g/mol. The van der Waals surface area contributed by atoms with Gasteiger partial charge in [0.25, 0.3) is 0 Å². The van der Waals surface area contributed by atoms with Gasteiger partial charge < -0.3 is 14.8 Å². The van der Waals surface area contributed by atoms with Crippen LogP contribution in [0.1, 0.15) is 19.3 Å². The Labute approximate surface area is 97.0 Å². The molecule has 1 unspecified atom stereocenters. The minimum atomic E-state index is -0.130. The molecule has 0 radical (unpaired) electrons. The molecule has 1 amide bonds. The number of carbonyl (C=O) groups excluding carboxylic acids is 1. The van der Waals surface area contributed by atoms with Gasteiger partial charge in [-0.05, 0) is 31.3 Å². The van der Waals surface area contributed by atoms with Gasteiger partial charge in [-0.1, -0.05) is 6.58 Å².